The Balaban J connectivity index is 1.24. The summed E-state index contributed by atoms with van der Waals surface area (Å²) in [5.41, 5.74) is 0.687. The Labute approximate surface area is 176 Å². The second kappa shape index (κ2) is 8.10. The van der Waals surface area contributed by atoms with Crippen molar-refractivity contribution < 1.29 is 19.1 Å². The van der Waals surface area contributed by atoms with Crippen molar-refractivity contribution >= 4 is 23.5 Å². The van der Waals surface area contributed by atoms with E-state index in [0.29, 0.717) is 29.0 Å². The van der Waals surface area contributed by atoms with Gasteiger partial charge < -0.3 is 15.4 Å². The fourth-order valence-corrected chi connectivity index (χ4v) is 5.89. The van der Waals surface area contributed by atoms with Crippen LogP contribution < -0.4 is 10.6 Å². The molecular weight excluding hydrogens is 382 g/mol. The molecule has 30 heavy (non-hydrogen) atoms. The normalized spacial score (nSPS) is 29.5. The fraction of sp³-hybridized carbons (Fsp3) is 0.565. The van der Waals surface area contributed by atoms with Crippen LogP contribution in [0.25, 0.3) is 0 Å². The summed E-state index contributed by atoms with van der Waals surface area (Å²) >= 11 is 0. The predicted molar refractivity (Wildman–Crippen MR) is 109 cm³/mol. The number of amides is 2. The molecule has 7 heteroatoms. The number of carbonyl (C=O) groups excluding carboxylic acids is 3. The first-order valence-corrected chi connectivity index (χ1v) is 10.7. The number of nitrogens with one attached hydrogen (secondary N) is 2. The maximum absolute atomic E-state index is 12.9. The molecule has 4 fully saturated rings. The summed E-state index contributed by atoms with van der Waals surface area (Å²) < 4.78 is 5.18. The molecule has 2 N–H and O–H groups in total. The minimum Gasteiger partial charge on any atom is -0.451 e. The Kier molecular flexibility index (Phi) is 5.50. The highest BCUT2D eigenvalue weighted by Crippen LogP contribution is 2.60. The maximum Gasteiger partial charge on any atom is 0.326 e. The van der Waals surface area contributed by atoms with E-state index in [9.17, 15) is 14.4 Å². The van der Waals surface area contributed by atoms with E-state index in [1.165, 1.54) is 26.2 Å². The van der Waals surface area contributed by atoms with E-state index in [1.807, 2.05) is 6.07 Å². The van der Waals surface area contributed by atoms with E-state index >= 15 is 0 Å². The van der Waals surface area contributed by atoms with Crippen LogP contribution >= 0.6 is 0 Å². The van der Waals surface area contributed by atoms with Crippen molar-refractivity contribution in [2.45, 2.75) is 51.6 Å². The molecule has 0 aromatic heterocycles. The smallest absolute Gasteiger partial charge is 0.326 e. The lowest BCUT2D eigenvalue weighted by Gasteiger charge is -2.55. The maximum atomic E-state index is 12.9. The van der Waals surface area contributed by atoms with E-state index in [0.717, 1.165) is 19.3 Å². The minimum absolute atomic E-state index is 0.0340. The van der Waals surface area contributed by atoms with Gasteiger partial charge in [0.25, 0.3) is 5.91 Å². The molecule has 2 amide bonds. The molecular formula is C23H27N3O4. The van der Waals surface area contributed by atoms with E-state index in [-0.39, 0.29) is 17.9 Å². The van der Waals surface area contributed by atoms with Crippen molar-refractivity contribution in [2.24, 2.45) is 23.2 Å². The summed E-state index contributed by atoms with van der Waals surface area (Å²) in [7, 11) is 0. The monoisotopic (exact) mass is 409 g/mol. The van der Waals surface area contributed by atoms with Crippen LogP contribution in [-0.2, 0) is 19.1 Å². The van der Waals surface area contributed by atoms with Gasteiger partial charge in [-0.3, -0.25) is 14.4 Å². The molecule has 158 valence electrons. The van der Waals surface area contributed by atoms with Crippen molar-refractivity contribution in [2.75, 3.05) is 11.9 Å². The first-order chi connectivity index (χ1) is 14.4. The zero-order chi connectivity index (χ0) is 21.3. The van der Waals surface area contributed by atoms with Crippen LogP contribution in [0.4, 0.5) is 5.69 Å². The van der Waals surface area contributed by atoms with E-state index < -0.39 is 18.0 Å². The third-order valence-corrected chi connectivity index (χ3v) is 6.87. The molecule has 1 aromatic rings. The Morgan fingerprint density at radius 1 is 1.10 bits per heavy atom. The molecule has 1 aromatic carbocycles. The second-order valence-electron chi connectivity index (χ2n) is 9.19. The van der Waals surface area contributed by atoms with E-state index in [1.54, 1.807) is 24.3 Å². The van der Waals surface area contributed by atoms with Gasteiger partial charge in [-0.05, 0) is 87.5 Å². The minimum atomic E-state index is -0.996. The number of ether oxygens (including phenoxy) is 1. The number of benzene rings is 1. The number of rotatable bonds is 6. The fourth-order valence-electron chi connectivity index (χ4n) is 5.89. The molecule has 4 aliphatic carbocycles. The van der Waals surface area contributed by atoms with Crippen LogP contribution in [0, 0.1) is 34.5 Å². The quantitative estimate of drug-likeness (QED) is 0.703. The number of nitrogens with zero attached hydrogens (tertiary/aromatic N) is 1. The highest BCUT2D eigenvalue weighted by molar-refractivity contribution is 5.95. The number of nitriles is 1. The summed E-state index contributed by atoms with van der Waals surface area (Å²) in [6, 6.07) is 8.40. The molecule has 0 aliphatic heterocycles. The largest absolute Gasteiger partial charge is 0.451 e. The van der Waals surface area contributed by atoms with Crippen LogP contribution in [0.5, 0.6) is 0 Å². The van der Waals surface area contributed by atoms with E-state index in [4.69, 9.17) is 10.00 Å². The van der Waals surface area contributed by atoms with Crippen LogP contribution in [0.3, 0.4) is 0 Å². The zero-order valence-corrected chi connectivity index (χ0v) is 17.1. The third-order valence-electron chi connectivity index (χ3n) is 6.87. The third kappa shape index (κ3) is 4.18. The van der Waals surface area contributed by atoms with Gasteiger partial charge in [0, 0.05) is 11.1 Å². The lowest BCUT2D eigenvalue weighted by molar-refractivity contribution is -0.155. The SMILES string of the molecule is C[C@H](OC(=O)CNC(=O)C12CC3CC(CC(C3)C1)C2)C(=O)Nc1ccc(C#N)cc1. The molecule has 0 radical (unpaired) electrons. The summed E-state index contributed by atoms with van der Waals surface area (Å²) in [5, 5.41) is 14.2. The highest BCUT2D eigenvalue weighted by Gasteiger charge is 2.54. The van der Waals surface area contributed by atoms with E-state index in [2.05, 4.69) is 10.6 Å². The van der Waals surface area contributed by atoms with Gasteiger partial charge in [-0.15, -0.1) is 0 Å². The number of carbonyl (C=O) groups is 3. The average molecular weight is 409 g/mol. The van der Waals surface area contributed by atoms with Crippen LogP contribution in [0.1, 0.15) is 51.0 Å². The lowest BCUT2D eigenvalue weighted by atomic mass is 9.49. The van der Waals surface area contributed by atoms with Gasteiger partial charge in [0.05, 0.1) is 11.6 Å². The molecule has 5 rings (SSSR count). The Hall–Kier alpha value is -2.88. The van der Waals surface area contributed by atoms with Gasteiger partial charge in [-0.2, -0.15) is 5.26 Å². The van der Waals surface area contributed by atoms with Gasteiger partial charge in [-0.1, -0.05) is 0 Å². The predicted octanol–water partition coefficient (Wildman–Crippen LogP) is 2.76. The number of esters is 1. The van der Waals surface area contributed by atoms with Gasteiger partial charge in [0.15, 0.2) is 6.10 Å². The molecule has 0 spiro atoms. The summed E-state index contributed by atoms with van der Waals surface area (Å²) in [6.45, 7) is 1.26. The molecule has 0 unspecified atom stereocenters. The second-order valence-corrected chi connectivity index (χ2v) is 9.19. The molecule has 4 saturated carbocycles. The van der Waals surface area contributed by atoms with Crippen LogP contribution in [0.15, 0.2) is 24.3 Å². The van der Waals surface area contributed by atoms with Gasteiger partial charge in [0.1, 0.15) is 6.54 Å². The molecule has 0 heterocycles. The Morgan fingerprint density at radius 3 is 2.20 bits per heavy atom. The topological polar surface area (TPSA) is 108 Å². The van der Waals surface area contributed by atoms with Crippen molar-refractivity contribution in [3.63, 3.8) is 0 Å². The summed E-state index contributed by atoms with van der Waals surface area (Å²) in [6.07, 6.45) is 5.56. The molecule has 0 saturated heterocycles. The van der Waals surface area contributed by atoms with Crippen molar-refractivity contribution in [3.05, 3.63) is 29.8 Å². The van der Waals surface area contributed by atoms with Crippen LogP contribution in [0.2, 0.25) is 0 Å². The zero-order valence-electron chi connectivity index (χ0n) is 17.1. The number of hydrogen-bond acceptors (Lipinski definition) is 5. The van der Waals surface area contributed by atoms with Gasteiger partial charge in [-0.25, -0.2) is 0 Å². The Bertz CT molecular complexity index is 851. The van der Waals surface area contributed by atoms with Crippen molar-refractivity contribution in [1.82, 2.24) is 5.32 Å². The summed E-state index contributed by atoms with van der Waals surface area (Å²) in [4.78, 5) is 37.3. The lowest BCUT2D eigenvalue weighted by Crippen LogP contribution is -2.54. The number of anilines is 1. The molecule has 7 nitrogen and oxygen atoms in total. The first kappa shape index (κ1) is 20.4. The van der Waals surface area contributed by atoms with Crippen molar-refractivity contribution in [1.29, 1.82) is 5.26 Å². The number of hydrogen-bond donors (Lipinski definition) is 2. The first-order valence-electron chi connectivity index (χ1n) is 10.7. The standard InChI is InChI=1S/C23H27N3O4/c1-14(21(28)26-19-4-2-15(12-24)3-5-19)30-20(27)13-25-22(29)23-9-16-6-17(10-23)8-18(7-16)11-23/h2-5,14,16-18H,6-11,13H2,1H3,(H,25,29)(H,26,28)/t14-,16?,17?,18?,23?/m0/s1. The molecule has 4 aliphatic rings. The summed E-state index contributed by atoms with van der Waals surface area (Å²) in [5.74, 6) is 0.823. The van der Waals surface area contributed by atoms with Gasteiger partial charge >= 0.3 is 5.97 Å². The van der Waals surface area contributed by atoms with Crippen molar-refractivity contribution in [3.8, 4) is 6.07 Å². The Morgan fingerprint density at radius 2 is 1.67 bits per heavy atom. The van der Waals surface area contributed by atoms with Gasteiger partial charge in [0.2, 0.25) is 5.91 Å². The molecule has 4 bridgehead atoms. The molecule has 1 atom stereocenters. The van der Waals surface area contributed by atoms with Crippen LogP contribution in [-0.4, -0.2) is 30.4 Å². The average Bonchev–Trinajstić information content (AvgIpc) is 2.71. The highest BCUT2D eigenvalue weighted by atomic mass is 16.5.